The molecule has 0 radical (unpaired) electrons. The van der Waals surface area contributed by atoms with E-state index < -0.39 is 0 Å². The molecule has 0 saturated carbocycles. The molecule has 0 spiro atoms. The number of benzene rings is 1. The molecular weight excluding hydrogens is 288 g/mol. The Hall–Kier alpha value is -1.09. The predicted octanol–water partition coefficient (Wildman–Crippen LogP) is 4.57. The zero-order valence-electron chi connectivity index (χ0n) is 14.4. The summed E-state index contributed by atoms with van der Waals surface area (Å²) in [5, 5.41) is 0. The van der Waals surface area contributed by atoms with Crippen LogP contribution in [-0.4, -0.2) is 35.6 Å². The van der Waals surface area contributed by atoms with E-state index in [1.54, 1.807) is 0 Å². The number of hydrogen-bond donors (Lipinski definition) is 0. The average Bonchev–Trinajstić information content (AvgIpc) is 2.52. The number of thiocarbonyl (C=S) groups is 1. The highest BCUT2D eigenvalue weighted by molar-refractivity contribution is 7.80. The molecule has 2 aliphatic heterocycles. The average molecular weight is 317 g/mol. The number of hydrogen-bond acceptors (Lipinski definition) is 2. The Bertz CT molecular complexity index is 573. The molecule has 0 amide bonds. The molecule has 0 aromatic heterocycles. The van der Waals surface area contributed by atoms with Gasteiger partial charge >= 0.3 is 0 Å². The Labute approximate surface area is 140 Å². The molecule has 0 N–H and O–H groups in total. The van der Waals surface area contributed by atoms with Gasteiger partial charge in [-0.05, 0) is 69.2 Å². The number of fused-ring (bicyclic) bond motifs is 1. The van der Waals surface area contributed by atoms with Crippen molar-refractivity contribution in [2.75, 3.05) is 25.0 Å². The van der Waals surface area contributed by atoms with Gasteiger partial charge in [-0.25, -0.2) is 0 Å². The van der Waals surface area contributed by atoms with Crippen molar-refractivity contribution in [2.45, 2.75) is 57.9 Å². The van der Waals surface area contributed by atoms with E-state index in [1.165, 1.54) is 42.5 Å². The maximum absolute atomic E-state index is 5.77. The Balaban J connectivity index is 1.91. The molecule has 0 aliphatic carbocycles. The first-order valence-corrected chi connectivity index (χ1v) is 8.98. The molecule has 0 bridgehead atoms. The summed E-state index contributed by atoms with van der Waals surface area (Å²) in [4.78, 5) is 5.86. The molecule has 3 heteroatoms. The molecule has 3 rings (SSSR count). The van der Waals surface area contributed by atoms with Crippen LogP contribution < -0.4 is 4.90 Å². The largest absolute Gasteiger partial charge is 0.369 e. The zero-order chi connectivity index (χ0) is 15.9. The minimum absolute atomic E-state index is 0.224. The van der Waals surface area contributed by atoms with Crippen LogP contribution in [0.15, 0.2) is 18.2 Å². The SMILES string of the molecule is C[C@@H]1CC(C)(C)N(C)c2ccc(C(=S)N3CCCCC3)cc21. The van der Waals surface area contributed by atoms with Crippen LogP contribution in [0, 0.1) is 0 Å². The number of likely N-dealkylation sites (tertiary alicyclic amines) is 1. The van der Waals surface area contributed by atoms with Crippen LogP contribution in [0.2, 0.25) is 0 Å². The lowest BCUT2D eigenvalue weighted by Crippen LogP contribution is -2.45. The van der Waals surface area contributed by atoms with Crippen molar-refractivity contribution in [2.24, 2.45) is 0 Å². The summed E-state index contributed by atoms with van der Waals surface area (Å²) in [7, 11) is 2.22. The summed E-state index contributed by atoms with van der Waals surface area (Å²) in [6.45, 7) is 9.26. The van der Waals surface area contributed by atoms with E-state index in [2.05, 4.69) is 55.8 Å². The van der Waals surface area contributed by atoms with Crippen LogP contribution >= 0.6 is 12.2 Å². The molecule has 1 aromatic carbocycles. The van der Waals surface area contributed by atoms with Gasteiger partial charge in [0.05, 0.1) is 0 Å². The molecule has 0 unspecified atom stereocenters. The molecule has 1 fully saturated rings. The normalized spacial score (nSPS) is 24.1. The molecule has 1 atom stereocenters. The highest BCUT2D eigenvalue weighted by atomic mass is 32.1. The van der Waals surface area contributed by atoms with Crippen LogP contribution in [0.1, 0.15) is 63.5 Å². The van der Waals surface area contributed by atoms with Crippen molar-refractivity contribution in [3.05, 3.63) is 29.3 Å². The summed E-state index contributed by atoms with van der Waals surface area (Å²) < 4.78 is 0. The van der Waals surface area contributed by atoms with Crippen LogP contribution in [0.5, 0.6) is 0 Å². The van der Waals surface area contributed by atoms with E-state index >= 15 is 0 Å². The quantitative estimate of drug-likeness (QED) is 0.701. The number of rotatable bonds is 1. The zero-order valence-corrected chi connectivity index (χ0v) is 15.2. The lowest BCUT2D eigenvalue weighted by molar-refractivity contribution is 0.347. The number of anilines is 1. The van der Waals surface area contributed by atoms with E-state index in [0.29, 0.717) is 5.92 Å². The van der Waals surface area contributed by atoms with Crippen molar-refractivity contribution >= 4 is 22.9 Å². The summed E-state index contributed by atoms with van der Waals surface area (Å²) in [5.74, 6) is 0.588. The standard InChI is InChI=1S/C19H28N2S/c1-14-13-19(2,3)20(4)17-9-8-15(12-16(14)17)18(22)21-10-6-5-7-11-21/h8-9,12,14H,5-7,10-11,13H2,1-4H3/t14-/m1/s1. The monoisotopic (exact) mass is 316 g/mol. The van der Waals surface area contributed by atoms with E-state index in [0.717, 1.165) is 18.1 Å². The van der Waals surface area contributed by atoms with Crippen LogP contribution in [0.3, 0.4) is 0 Å². The number of nitrogens with zero attached hydrogens (tertiary/aromatic N) is 2. The van der Waals surface area contributed by atoms with Gasteiger partial charge in [-0.3, -0.25) is 0 Å². The fraction of sp³-hybridized carbons (Fsp3) is 0.632. The van der Waals surface area contributed by atoms with Crippen molar-refractivity contribution in [3.8, 4) is 0 Å². The minimum Gasteiger partial charge on any atom is -0.369 e. The topological polar surface area (TPSA) is 6.48 Å². The lowest BCUT2D eigenvalue weighted by atomic mass is 9.80. The van der Waals surface area contributed by atoms with E-state index in [4.69, 9.17) is 12.2 Å². The molecule has 2 heterocycles. The van der Waals surface area contributed by atoms with Gasteiger partial charge in [0.15, 0.2) is 0 Å². The third-order valence-corrected chi connectivity index (χ3v) is 6.02. The molecule has 120 valence electrons. The molecule has 22 heavy (non-hydrogen) atoms. The van der Waals surface area contributed by atoms with Gasteiger partial charge in [-0.2, -0.15) is 0 Å². The van der Waals surface area contributed by atoms with Crippen molar-refractivity contribution in [1.82, 2.24) is 4.90 Å². The Morgan fingerprint density at radius 1 is 1.18 bits per heavy atom. The van der Waals surface area contributed by atoms with Gasteiger partial charge in [0, 0.05) is 36.9 Å². The molecule has 1 saturated heterocycles. The summed E-state index contributed by atoms with van der Waals surface area (Å²) in [6.07, 6.45) is 5.09. The second-order valence-electron chi connectivity index (χ2n) is 7.60. The smallest absolute Gasteiger partial charge is 0.109 e. The third kappa shape index (κ3) is 2.76. The molecule has 2 nitrogen and oxygen atoms in total. The Morgan fingerprint density at radius 3 is 2.55 bits per heavy atom. The van der Waals surface area contributed by atoms with Crippen LogP contribution in [-0.2, 0) is 0 Å². The minimum atomic E-state index is 0.224. The van der Waals surface area contributed by atoms with Gasteiger partial charge in [0.25, 0.3) is 0 Å². The molecular formula is C19H28N2S. The van der Waals surface area contributed by atoms with Crippen LogP contribution in [0.4, 0.5) is 5.69 Å². The van der Waals surface area contributed by atoms with Gasteiger partial charge in [-0.1, -0.05) is 19.1 Å². The predicted molar refractivity (Wildman–Crippen MR) is 99.1 cm³/mol. The van der Waals surface area contributed by atoms with E-state index in [1.807, 2.05) is 0 Å². The first-order chi connectivity index (χ1) is 10.4. The third-order valence-electron chi connectivity index (χ3n) is 5.52. The van der Waals surface area contributed by atoms with Crippen LogP contribution in [0.25, 0.3) is 0 Å². The summed E-state index contributed by atoms with van der Waals surface area (Å²) >= 11 is 5.77. The van der Waals surface area contributed by atoms with Gasteiger partial charge in [-0.15, -0.1) is 0 Å². The maximum atomic E-state index is 5.77. The lowest BCUT2D eigenvalue weighted by Gasteiger charge is -2.45. The van der Waals surface area contributed by atoms with E-state index in [9.17, 15) is 0 Å². The second kappa shape index (κ2) is 5.84. The fourth-order valence-corrected chi connectivity index (χ4v) is 4.30. The Kier molecular flexibility index (Phi) is 4.19. The highest BCUT2D eigenvalue weighted by Gasteiger charge is 2.34. The van der Waals surface area contributed by atoms with Crippen molar-refractivity contribution in [3.63, 3.8) is 0 Å². The number of piperidine rings is 1. The molecule has 2 aliphatic rings. The van der Waals surface area contributed by atoms with Gasteiger partial charge < -0.3 is 9.80 Å². The first kappa shape index (κ1) is 15.8. The van der Waals surface area contributed by atoms with E-state index in [-0.39, 0.29) is 5.54 Å². The maximum Gasteiger partial charge on any atom is 0.109 e. The van der Waals surface area contributed by atoms with Crippen molar-refractivity contribution < 1.29 is 0 Å². The van der Waals surface area contributed by atoms with Gasteiger partial charge in [0.1, 0.15) is 4.99 Å². The van der Waals surface area contributed by atoms with Gasteiger partial charge in [0.2, 0.25) is 0 Å². The van der Waals surface area contributed by atoms with Crippen molar-refractivity contribution in [1.29, 1.82) is 0 Å². The highest BCUT2D eigenvalue weighted by Crippen LogP contribution is 2.42. The summed E-state index contributed by atoms with van der Waals surface area (Å²) in [6, 6.07) is 6.85. The fourth-order valence-electron chi connectivity index (χ4n) is 3.99. The summed E-state index contributed by atoms with van der Waals surface area (Å²) in [5.41, 5.74) is 4.28. The molecule has 1 aromatic rings. The second-order valence-corrected chi connectivity index (χ2v) is 7.99. The Morgan fingerprint density at radius 2 is 1.86 bits per heavy atom. The first-order valence-electron chi connectivity index (χ1n) is 8.57.